The van der Waals surface area contributed by atoms with Gasteiger partial charge in [0.1, 0.15) is 0 Å². The van der Waals surface area contributed by atoms with Crippen molar-refractivity contribution in [1.29, 1.82) is 0 Å². The summed E-state index contributed by atoms with van der Waals surface area (Å²) in [6, 6.07) is 0. The molecule has 2 unspecified atom stereocenters. The summed E-state index contributed by atoms with van der Waals surface area (Å²) in [7, 11) is 0. The largest absolute Gasteiger partial charge is 0.225 e. The fourth-order valence-corrected chi connectivity index (χ4v) is 1.56. The predicted octanol–water partition coefficient (Wildman–Crippen LogP) is 2.13. The number of hydrogen-bond donors (Lipinski definition) is 0. The Bertz CT molecular complexity index is 120. The molecule has 0 saturated carbocycles. The van der Waals surface area contributed by atoms with Crippen molar-refractivity contribution in [3.05, 3.63) is 0 Å². The molecule has 0 aromatic carbocycles. The van der Waals surface area contributed by atoms with Crippen molar-refractivity contribution in [3.8, 4) is 0 Å². The van der Waals surface area contributed by atoms with Gasteiger partial charge in [-0.2, -0.15) is 0 Å². The van der Waals surface area contributed by atoms with Crippen LogP contribution in [0.25, 0.3) is 0 Å². The van der Waals surface area contributed by atoms with E-state index in [1.807, 2.05) is 0 Å². The van der Waals surface area contributed by atoms with Crippen molar-refractivity contribution in [1.82, 2.24) is 0 Å². The zero-order valence-corrected chi connectivity index (χ0v) is 6.33. The first-order valence-electron chi connectivity index (χ1n) is 2.92. The molecule has 1 rings (SSSR count). The normalized spacial score (nSPS) is 37.6. The summed E-state index contributed by atoms with van der Waals surface area (Å²) < 4.78 is 4.23. The number of rotatable bonds is 0. The van der Waals surface area contributed by atoms with E-state index in [9.17, 15) is 0 Å². The van der Waals surface area contributed by atoms with E-state index >= 15 is 0 Å². The molecular weight excluding hydrogens is 118 g/mol. The van der Waals surface area contributed by atoms with Gasteiger partial charge in [0, 0.05) is 16.9 Å². The highest BCUT2D eigenvalue weighted by atomic mass is 32.2. The standard InChI is InChI=1S/C6H11NS/c1-4-5(2)7-8-6(4)3/h4,6H,1-3H3. The number of hydrogen-bond acceptors (Lipinski definition) is 2. The third kappa shape index (κ3) is 0.895. The summed E-state index contributed by atoms with van der Waals surface area (Å²) in [6.45, 7) is 6.54. The molecule has 0 fully saturated rings. The van der Waals surface area contributed by atoms with Gasteiger partial charge >= 0.3 is 0 Å². The minimum atomic E-state index is 0.694. The van der Waals surface area contributed by atoms with Crippen LogP contribution in [0.15, 0.2) is 4.40 Å². The van der Waals surface area contributed by atoms with Crippen LogP contribution in [-0.4, -0.2) is 11.0 Å². The lowest BCUT2D eigenvalue weighted by Gasteiger charge is -2.05. The quantitative estimate of drug-likeness (QED) is 0.456. The Balaban J connectivity index is 2.59. The first-order valence-corrected chi connectivity index (χ1v) is 3.76. The van der Waals surface area contributed by atoms with Crippen LogP contribution >= 0.6 is 11.9 Å². The van der Waals surface area contributed by atoms with E-state index in [4.69, 9.17) is 0 Å². The average Bonchev–Trinajstić information content (AvgIpc) is 1.98. The minimum absolute atomic E-state index is 0.694. The van der Waals surface area contributed by atoms with Crippen molar-refractivity contribution in [2.45, 2.75) is 26.0 Å². The molecule has 0 aliphatic carbocycles. The number of nitrogens with zero attached hydrogens (tertiary/aromatic N) is 1. The van der Waals surface area contributed by atoms with Crippen LogP contribution in [-0.2, 0) is 0 Å². The van der Waals surface area contributed by atoms with Gasteiger partial charge in [-0.05, 0) is 18.9 Å². The molecule has 2 heteroatoms. The van der Waals surface area contributed by atoms with Gasteiger partial charge in [0.25, 0.3) is 0 Å². The van der Waals surface area contributed by atoms with Gasteiger partial charge < -0.3 is 0 Å². The second kappa shape index (κ2) is 2.09. The van der Waals surface area contributed by atoms with Crippen molar-refractivity contribution in [2.24, 2.45) is 10.3 Å². The van der Waals surface area contributed by atoms with Gasteiger partial charge in [0.2, 0.25) is 0 Å². The molecule has 46 valence electrons. The second-order valence-corrected chi connectivity index (χ2v) is 3.47. The Morgan fingerprint density at radius 2 is 2.12 bits per heavy atom. The molecule has 1 heterocycles. The molecule has 2 atom stereocenters. The Labute approximate surface area is 54.7 Å². The molecule has 1 aliphatic rings. The lowest BCUT2D eigenvalue weighted by molar-refractivity contribution is 0.771. The van der Waals surface area contributed by atoms with E-state index in [1.54, 1.807) is 11.9 Å². The first-order chi connectivity index (χ1) is 3.72. The van der Waals surface area contributed by atoms with Crippen LogP contribution in [0.5, 0.6) is 0 Å². The van der Waals surface area contributed by atoms with E-state index in [1.165, 1.54) is 5.71 Å². The van der Waals surface area contributed by atoms with Gasteiger partial charge in [-0.3, -0.25) is 0 Å². The maximum atomic E-state index is 4.23. The lowest BCUT2D eigenvalue weighted by Crippen LogP contribution is -2.10. The van der Waals surface area contributed by atoms with Crippen molar-refractivity contribution in [3.63, 3.8) is 0 Å². The smallest absolute Gasteiger partial charge is 0.0316 e. The van der Waals surface area contributed by atoms with Crippen LogP contribution in [0.4, 0.5) is 0 Å². The van der Waals surface area contributed by atoms with Gasteiger partial charge in [-0.15, -0.1) is 0 Å². The molecule has 0 saturated heterocycles. The summed E-state index contributed by atoms with van der Waals surface area (Å²) in [5, 5.41) is 0.704. The molecule has 0 aromatic heterocycles. The van der Waals surface area contributed by atoms with E-state index in [2.05, 4.69) is 25.2 Å². The van der Waals surface area contributed by atoms with Gasteiger partial charge in [0.15, 0.2) is 0 Å². The Morgan fingerprint density at radius 3 is 2.25 bits per heavy atom. The molecule has 1 nitrogen and oxygen atoms in total. The molecular formula is C6H11NS. The molecule has 0 radical (unpaired) electrons. The van der Waals surface area contributed by atoms with E-state index in [-0.39, 0.29) is 0 Å². The summed E-state index contributed by atoms with van der Waals surface area (Å²) in [6.07, 6.45) is 0. The van der Waals surface area contributed by atoms with Crippen LogP contribution in [0.3, 0.4) is 0 Å². The Morgan fingerprint density at radius 1 is 1.50 bits per heavy atom. The summed E-state index contributed by atoms with van der Waals surface area (Å²) >= 11 is 1.70. The maximum Gasteiger partial charge on any atom is 0.0316 e. The van der Waals surface area contributed by atoms with Crippen LogP contribution < -0.4 is 0 Å². The van der Waals surface area contributed by atoms with Gasteiger partial charge in [-0.1, -0.05) is 13.8 Å². The SMILES string of the molecule is CC1=NSC(C)C1C. The lowest BCUT2D eigenvalue weighted by atomic mass is 10.0. The monoisotopic (exact) mass is 129 g/mol. The van der Waals surface area contributed by atoms with E-state index < -0.39 is 0 Å². The van der Waals surface area contributed by atoms with Gasteiger partial charge in [0.05, 0.1) is 0 Å². The third-order valence-electron chi connectivity index (χ3n) is 1.73. The molecule has 0 N–H and O–H groups in total. The zero-order chi connectivity index (χ0) is 6.15. The zero-order valence-electron chi connectivity index (χ0n) is 5.51. The highest BCUT2D eigenvalue weighted by Crippen LogP contribution is 2.28. The fourth-order valence-electron chi connectivity index (χ4n) is 0.680. The predicted molar refractivity (Wildman–Crippen MR) is 39.3 cm³/mol. The van der Waals surface area contributed by atoms with Crippen molar-refractivity contribution in [2.75, 3.05) is 0 Å². The second-order valence-electron chi connectivity index (χ2n) is 2.33. The first kappa shape index (κ1) is 6.14. The molecule has 0 aromatic rings. The highest BCUT2D eigenvalue weighted by molar-refractivity contribution is 7.99. The summed E-state index contributed by atoms with van der Waals surface area (Å²) in [5.41, 5.74) is 1.29. The third-order valence-corrected chi connectivity index (χ3v) is 2.86. The van der Waals surface area contributed by atoms with Crippen LogP contribution in [0, 0.1) is 5.92 Å². The van der Waals surface area contributed by atoms with E-state index in [0.29, 0.717) is 11.2 Å². The molecule has 0 spiro atoms. The average molecular weight is 129 g/mol. The molecule has 8 heavy (non-hydrogen) atoms. The van der Waals surface area contributed by atoms with Gasteiger partial charge in [-0.25, -0.2) is 4.40 Å². The molecule has 0 bridgehead atoms. The highest BCUT2D eigenvalue weighted by Gasteiger charge is 2.20. The topological polar surface area (TPSA) is 12.4 Å². The summed E-state index contributed by atoms with van der Waals surface area (Å²) in [5.74, 6) is 0.694. The molecule has 0 amide bonds. The van der Waals surface area contributed by atoms with E-state index in [0.717, 1.165) is 0 Å². The van der Waals surface area contributed by atoms with Crippen molar-refractivity contribution < 1.29 is 0 Å². The van der Waals surface area contributed by atoms with Crippen LogP contribution in [0.2, 0.25) is 0 Å². The fraction of sp³-hybridized carbons (Fsp3) is 0.833. The maximum absolute atomic E-state index is 4.23. The minimum Gasteiger partial charge on any atom is -0.225 e. The summed E-state index contributed by atoms with van der Waals surface area (Å²) in [4.78, 5) is 0. The van der Waals surface area contributed by atoms with Crippen LogP contribution in [0.1, 0.15) is 20.8 Å². The van der Waals surface area contributed by atoms with Crippen molar-refractivity contribution >= 4 is 17.7 Å². The molecule has 1 aliphatic heterocycles. The Hall–Kier alpha value is 0.0200. The Kier molecular flexibility index (Phi) is 1.61.